The van der Waals surface area contributed by atoms with Crippen molar-refractivity contribution in [2.45, 2.75) is 24.7 Å². The molecule has 7 nitrogen and oxygen atoms in total. The second-order valence-electron chi connectivity index (χ2n) is 8.87. The summed E-state index contributed by atoms with van der Waals surface area (Å²) in [6.45, 7) is 0.00703. The average molecular weight is 537 g/mol. The highest BCUT2D eigenvalue weighted by atomic mass is 19.4. The van der Waals surface area contributed by atoms with E-state index in [1.807, 2.05) is 48.5 Å². The fourth-order valence-corrected chi connectivity index (χ4v) is 4.70. The minimum absolute atomic E-state index is 0.00703. The first kappa shape index (κ1) is 25.9. The minimum Gasteiger partial charge on any atom is -0.480 e. The van der Waals surface area contributed by atoms with E-state index in [1.165, 1.54) is 30.3 Å². The Labute approximate surface area is 220 Å². The number of amides is 1. The third-order valence-electron chi connectivity index (χ3n) is 6.38. The number of fused-ring (bicyclic) bond motifs is 3. The van der Waals surface area contributed by atoms with Crippen LogP contribution in [-0.2, 0) is 16.0 Å². The number of benzene rings is 3. The fourth-order valence-electron chi connectivity index (χ4n) is 4.70. The molecule has 0 aliphatic heterocycles. The van der Waals surface area contributed by atoms with Gasteiger partial charge in [0.1, 0.15) is 29.9 Å². The van der Waals surface area contributed by atoms with Crippen LogP contribution in [-0.4, -0.2) is 36.2 Å². The van der Waals surface area contributed by atoms with Gasteiger partial charge in [0.15, 0.2) is 0 Å². The maximum Gasteiger partial charge on any atom is 0.573 e. The number of rotatable bonds is 8. The number of ether oxygens (including phenoxy) is 2. The zero-order chi connectivity index (χ0) is 27.6. The van der Waals surface area contributed by atoms with E-state index in [0.717, 1.165) is 28.3 Å². The van der Waals surface area contributed by atoms with Crippen LogP contribution in [0, 0.1) is 0 Å². The molecule has 1 amide bonds. The Morgan fingerprint density at radius 2 is 1.46 bits per heavy atom. The van der Waals surface area contributed by atoms with Crippen LogP contribution in [0.3, 0.4) is 0 Å². The summed E-state index contributed by atoms with van der Waals surface area (Å²) in [6.07, 6.45) is -6.07. The summed E-state index contributed by atoms with van der Waals surface area (Å²) >= 11 is 0. The zero-order valence-corrected chi connectivity index (χ0v) is 20.3. The second kappa shape index (κ2) is 10.6. The molecule has 1 aliphatic rings. The number of hydrogen-bond acceptors (Lipinski definition) is 5. The van der Waals surface area contributed by atoms with Crippen LogP contribution in [0.4, 0.5) is 18.0 Å². The number of aliphatic carboxylic acids is 1. The Balaban J connectivity index is 1.25. The molecule has 0 saturated carbocycles. The maximum atomic E-state index is 12.8. The number of nitrogens with one attached hydrogen (secondary N) is 1. The topological polar surface area (TPSA) is 98.0 Å². The van der Waals surface area contributed by atoms with Crippen molar-refractivity contribution < 1.29 is 41.8 Å². The van der Waals surface area contributed by atoms with E-state index in [1.54, 1.807) is 0 Å². The monoisotopic (exact) mass is 537 g/mol. The highest BCUT2D eigenvalue weighted by Gasteiger charge is 2.33. The number of carbonyl (C=O) groups is 2. The minimum atomic E-state index is -4.90. The maximum absolute atomic E-state index is 12.8. The van der Waals surface area contributed by atoms with Crippen molar-refractivity contribution in [2.24, 2.45) is 0 Å². The summed E-state index contributed by atoms with van der Waals surface area (Å²) in [7, 11) is 0. The molecule has 1 heterocycles. The van der Waals surface area contributed by atoms with Crippen molar-refractivity contribution in [3.8, 4) is 28.2 Å². The average Bonchev–Trinajstić information content (AvgIpc) is 3.49. The van der Waals surface area contributed by atoms with Crippen LogP contribution >= 0.6 is 0 Å². The third kappa shape index (κ3) is 5.74. The van der Waals surface area contributed by atoms with Gasteiger partial charge < -0.3 is 24.3 Å². The van der Waals surface area contributed by atoms with E-state index in [2.05, 4.69) is 10.1 Å². The molecule has 0 radical (unpaired) electrons. The standard InChI is InChI=1S/C29H22F3NO6/c30-29(31,32)39-26-12-6-5-11-22(26)25-14-13-17(38-25)15-24(27(34)35)33-28(36)37-16-23-20-9-3-1-7-18(20)19-8-2-4-10-21(19)23/h1-14,23-24H,15-16H2,(H,33,36)(H,34,35). The molecular formula is C29H22F3NO6. The van der Waals surface area contributed by atoms with Crippen molar-refractivity contribution in [1.29, 1.82) is 0 Å². The lowest BCUT2D eigenvalue weighted by molar-refractivity contribution is -0.274. The molecule has 0 spiro atoms. The molecule has 0 bridgehead atoms. The van der Waals surface area contributed by atoms with Crippen LogP contribution < -0.4 is 10.1 Å². The molecule has 2 N–H and O–H groups in total. The summed E-state index contributed by atoms with van der Waals surface area (Å²) in [5.74, 6) is -1.80. The van der Waals surface area contributed by atoms with Gasteiger partial charge in [-0.2, -0.15) is 0 Å². The lowest BCUT2D eigenvalue weighted by atomic mass is 9.98. The number of carboxylic acid groups (broad SMARTS) is 1. The molecule has 3 aromatic carbocycles. The van der Waals surface area contributed by atoms with Gasteiger partial charge in [0.25, 0.3) is 0 Å². The van der Waals surface area contributed by atoms with Crippen LogP contribution in [0.5, 0.6) is 5.75 Å². The molecule has 1 atom stereocenters. The Kier molecular flexibility index (Phi) is 7.02. The highest BCUT2D eigenvalue weighted by Crippen LogP contribution is 2.44. The van der Waals surface area contributed by atoms with Crippen molar-refractivity contribution in [1.82, 2.24) is 5.32 Å². The van der Waals surface area contributed by atoms with Gasteiger partial charge in [-0.15, -0.1) is 13.2 Å². The number of furan rings is 1. The number of hydrogen-bond donors (Lipinski definition) is 2. The summed E-state index contributed by atoms with van der Waals surface area (Å²) in [4.78, 5) is 24.4. The number of alkyl carbamates (subject to hydrolysis) is 1. The van der Waals surface area contributed by atoms with E-state index in [9.17, 15) is 27.9 Å². The van der Waals surface area contributed by atoms with Crippen molar-refractivity contribution >= 4 is 12.1 Å². The van der Waals surface area contributed by atoms with Crippen molar-refractivity contribution in [2.75, 3.05) is 6.61 Å². The van der Waals surface area contributed by atoms with Crippen LogP contribution in [0.1, 0.15) is 22.8 Å². The normalized spacial score (nSPS) is 13.3. The van der Waals surface area contributed by atoms with Gasteiger partial charge >= 0.3 is 18.4 Å². The van der Waals surface area contributed by atoms with Gasteiger partial charge in [0, 0.05) is 12.3 Å². The number of carboxylic acids is 1. The summed E-state index contributed by atoms with van der Waals surface area (Å²) in [5.41, 5.74) is 4.18. The molecule has 5 rings (SSSR count). The molecule has 200 valence electrons. The molecule has 1 aromatic heterocycles. The van der Waals surface area contributed by atoms with Gasteiger partial charge in [0.05, 0.1) is 5.56 Å². The first-order chi connectivity index (χ1) is 18.7. The smallest absolute Gasteiger partial charge is 0.480 e. The number of halogens is 3. The molecule has 0 saturated heterocycles. The summed E-state index contributed by atoms with van der Waals surface area (Å²) in [6, 6.07) is 22.5. The number of carbonyl (C=O) groups excluding carboxylic acids is 1. The Hall–Kier alpha value is -4.73. The Bertz CT molecular complexity index is 1470. The Morgan fingerprint density at radius 3 is 2.08 bits per heavy atom. The van der Waals surface area contributed by atoms with E-state index in [0.29, 0.717) is 0 Å². The largest absolute Gasteiger partial charge is 0.573 e. The van der Waals surface area contributed by atoms with E-state index >= 15 is 0 Å². The van der Waals surface area contributed by atoms with E-state index in [-0.39, 0.29) is 36.0 Å². The van der Waals surface area contributed by atoms with Crippen molar-refractivity contribution in [3.05, 3.63) is 102 Å². The molecule has 4 aromatic rings. The van der Waals surface area contributed by atoms with E-state index in [4.69, 9.17) is 9.15 Å². The first-order valence-corrected chi connectivity index (χ1v) is 12.0. The van der Waals surface area contributed by atoms with Crippen LogP contribution in [0.25, 0.3) is 22.5 Å². The zero-order valence-electron chi connectivity index (χ0n) is 20.3. The molecule has 1 unspecified atom stereocenters. The van der Waals surface area contributed by atoms with Crippen LogP contribution in [0.15, 0.2) is 89.3 Å². The van der Waals surface area contributed by atoms with Gasteiger partial charge in [-0.1, -0.05) is 60.7 Å². The number of para-hydroxylation sites is 1. The summed E-state index contributed by atoms with van der Waals surface area (Å²) < 4.78 is 53.4. The van der Waals surface area contributed by atoms with Gasteiger partial charge in [0.2, 0.25) is 0 Å². The highest BCUT2D eigenvalue weighted by molar-refractivity contribution is 5.81. The second-order valence-corrected chi connectivity index (χ2v) is 8.87. The lowest BCUT2D eigenvalue weighted by Gasteiger charge is -2.17. The fraction of sp³-hybridized carbons (Fsp3) is 0.172. The van der Waals surface area contributed by atoms with Gasteiger partial charge in [-0.05, 0) is 46.5 Å². The van der Waals surface area contributed by atoms with Crippen LogP contribution in [0.2, 0.25) is 0 Å². The SMILES string of the molecule is O=C(NC(Cc1ccc(-c2ccccc2OC(F)(F)F)o1)C(=O)O)OCC1c2ccccc2-c2ccccc21. The lowest BCUT2D eigenvalue weighted by Crippen LogP contribution is -2.42. The van der Waals surface area contributed by atoms with Gasteiger partial charge in [-0.3, -0.25) is 0 Å². The molecule has 0 fully saturated rings. The summed E-state index contributed by atoms with van der Waals surface area (Å²) in [5, 5.41) is 12.0. The molecule has 1 aliphatic carbocycles. The van der Waals surface area contributed by atoms with E-state index < -0.39 is 30.2 Å². The van der Waals surface area contributed by atoms with Crippen molar-refractivity contribution in [3.63, 3.8) is 0 Å². The molecule has 10 heteroatoms. The number of alkyl halides is 3. The molecule has 39 heavy (non-hydrogen) atoms. The quantitative estimate of drug-likeness (QED) is 0.271. The van der Waals surface area contributed by atoms with Gasteiger partial charge in [-0.25, -0.2) is 9.59 Å². The molecular weight excluding hydrogens is 515 g/mol. The third-order valence-corrected chi connectivity index (χ3v) is 6.38. The first-order valence-electron chi connectivity index (χ1n) is 12.0. The Morgan fingerprint density at radius 1 is 0.872 bits per heavy atom. The predicted octanol–water partition coefficient (Wildman–Crippen LogP) is 6.38. The predicted molar refractivity (Wildman–Crippen MR) is 134 cm³/mol.